The van der Waals surface area contributed by atoms with Crippen LogP contribution in [0.25, 0.3) is 0 Å². The van der Waals surface area contributed by atoms with Gasteiger partial charge in [0.2, 0.25) is 5.91 Å². The Bertz CT molecular complexity index is 1380. The minimum absolute atomic E-state index is 0.00796. The number of nitrogens with one attached hydrogen (secondary N) is 1. The smallest absolute Gasteiger partial charge is 0.337 e. The van der Waals surface area contributed by atoms with Gasteiger partial charge < -0.3 is 14.6 Å². The molecule has 7 atom stereocenters. The number of fused-ring (bicyclic) bond motifs is 9. The van der Waals surface area contributed by atoms with Crippen molar-refractivity contribution in [3.05, 3.63) is 80.3 Å². The van der Waals surface area contributed by atoms with E-state index in [1.165, 1.54) is 24.0 Å². The summed E-state index contributed by atoms with van der Waals surface area (Å²) in [6.07, 6.45) is 1.08. The molecule has 1 aromatic heterocycles. The Kier molecular flexibility index (Phi) is 4.80. The minimum Gasteiger partial charge on any atom is -0.465 e. The molecule has 1 amide bonds. The van der Waals surface area contributed by atoms with Crippen molar-refractivity contribution in [3.63, 3.8) is 0 Å². The number of hydrogen-bond donors (Lipinski definition) is 1. The molecule has 0 spiro atoms. The van der Waals surface area contributed by atoms with Crippen molar-refractivity contribution in [1.29, 1.82) is 0 Å². The SMILES string of the molecule is COC(=O)c1ccc(N2C[C@@H]3[C@H](C2=O)[C@H]2C[C@@H]3C3Sc4[nH]c(=O)sc4[C@@H](c4ccccc4)[C@@H]32)cc1. The molecule has 35 heavy (non-hydrogen) atoms. The van der Waals surface area contributed by atoms with Crippen LogP contribution in [0.3, 0.4) is 0 Å². The molecule has 2 aromatic carbocycles. The number of anilines is 1. The highest BCUT2D eigenvalue weighted by Gasteiger charge is 2.66. The molecule has 7 rings (SSSR count). The van der Waals surface area contributed by atoms with E-state index in [2.05, 4.69) is 29.2 Å². The zero-order valence-corrected chi connectivity index (χ0v) is 20.7. The number of H-pyrrole nitrogens is 1. The number of amides is 1. The monoisotopic (exact) mass is 504 g/mol. The summed E-state index contributed by atoms with van der Waals surface area (Å²) in [5.74, 6) is 1.43. The number of esters is 1. The van der Waals surface area contributed by atoms with Crippen molar-refractivity contribution in [1.82, 2.24) is 4.98 Å². The van der Waals surface area contributed by atoms with Gasteiger partial charge in [-0.2, -0.15) is 0 Å². The molecule has 4 aliphatic rings. The molecular weight excluding hydrogens is 480 g/mol. The summed E-state index contributed by atoms with van der Waals surface area (Å²) in [7, 11) is 1.37. The highest BCUT2D eigenvalue weighted by atomic mass is 32.2. The molecule has 1 unspecified atom stereocenters. The van der Waals surface area contributed by atoms with Gasteiger partial charge in [-0.15, -0.1) is 11.8 Å². The van der Waals surface area contributed by atoms with Gasteiger partial charge in [0.15, 0.2) is 0 Å². The Balaban J connectivity index is 1.24. The van der Waals surface area contributed by atoms with Crippen LogP contribution in [0.1, 0.15) is 33.1 Å². The number of aromatic nitrogens is 1. The quantitative estimate of drug-likeness (QED) is 0.536. The van der Waals surface area contributed by atoms with Gasteiger partial charge in [0.1, 0.15) is 0 Å². The van der Waals surface area contributed by atoms with E-state index >= 15 is 0 Å². The van der Waals surface area contributed by atoms with Gasteiger partial charge in [-0.1, -0.05) is 41.7 Å². The largest absolute Gasteiger partial charge is 0.465 e. The maximum atomic E-state index is 13.8. The van der Waals surface area contributed by atoms with E-state index < -0.39 is 0 Å². The molecule has 8 heteroatoms. The van der Waals surface area contributed by atoms with Crippen molar-refractivity contribution < 1.29 is 14.3 Å². The maximum Gasteiger partial charge on any atom is 0.337 e. The molecule has 1 saturated heterocycles. The molecule has 0 radical (unpaired) electrons. The van der Waals surface area contributed by atoms with Crippen LogP contribution in [0.5, 0.6) is 0 Å². The fourth-order valence-electron chi connectivity index (χ4n) is 7.31. The Hall–Kier alpha value is -2.84. The Morgan fingerprint density at radius 2 is 1.80 bits per heavy atom. The summed E-state index contributed by atoms with van der Waals surface area (Å²) in [5, 5.41) is 1.43. The Morgan fingerprint density at radius 1 is 1.03 bits per heavy atom. The average Bonchev–Trinajstić information content (AvgIpc) is 3.62. The summed E-state index contributed by atoms with van der Waals surface area (Å²) in [5.41, 5.74) is 2.57. The molecule has 178 valence electrons. The molecule has 3 aromatic rings. The van der Waals surface area contributed by atoms with Crippen molar-refractivity contribution >= 4 is 40.7 Å². The van der Waals surface area contributed by atoms with Crippen molar-refractivity contribution in [2.75, 3.05) is 18.6 Å². The number of carbonyl (C=O) groups is 2. The van der Waals surface area contributed by atoms with Crippen molar-refractivity contribution in [2.45, 2.75) is 22.6 Å². The number of rotatable bonds is 3. The van der Waals surface area contributed by atoms with Gasteiger partial charge in [0.25, 0.3) is 0 Å². The summed E-state index contributed by atoms with van der Waals surface area (Å²) >= 11 is 3.17. The number of carbonyl (C=O) groups excluding carboxylic acids is 2. The molecule has 1 N–H and O–H groups in total. The minimum atomic E-state index is -0.377. The molecular formula is C27H24N2O4S2. The third kappa shape index (κ3) is 3.05. The molecule has 2 aliphatic heterocycles. The zero-order valence-electron chi connectivity index (χ0n) is 19.0. The highest BCUT2D eigenvalue weighted by molar-refractivity contribution is 8.00. The van der Waals surface area contributed by atoms with Crippen LogP contribution in [0, 0.1) is 29.6 Å². The third-order valence-corrected chi connectivity index (χ3v) is 11.2. The molecule has 2 bridgehead atoms. The summed E-state index contributed by atoms with van der Waals surface area (Å²) in [6.45, 7) is 0.717. The molecule has 3 heterocycles. The highest BCUT2D eigenvalue weighted by Crippen LogP contribution is 2.68. The zero-order chi connectivity index (χ0) is 23.8. The number of benzene rings is 2. The summed E-state index contributed by atoms with van der Waals surface area (Å²) in [4.78, 5) is 44.1. The van der Waals surface area contributed by atoms with Gasteiger partial charge in [0, 0.05) is 34.2 Å². The second-order valence-electron chi connectivity index (χ2n) is 10.00. The van der Waals surface area contributed by atoms with Crippen molar-refractivity contribution in [3.8, 4) is 0 Å². The maximum absolute atomic E-state index is 13.8. The van der Waals surface area contributed by atoms with E-state index in [9.17, 15) is 14.4 Å². The molecule has 3 fully saturated rings. The Morgan fingerprint density at radius 3 is 2.54 bits per heavy atom. The number of methoxy groups -OCH3 is 1. The van der Waals surface area contributed by atoms with E-state index in [1.807, 2.05) is 34.9 Å². The van der Waals surface area contributed by atoms with Crippen LogP contribution in [-0.2, 0) is 9.53 Å². The fourth-order valence-corrected chi connectivity index (χ4v) is 10.2. The second-order valence-corrected chi connectivity index (χ2v) is 12.2. The lowest BCUT2D eigenvalue weighted by atomic mass is 9.68. The van der Waals surface area contributed by atoms with Crippen molar-refractivity contribution in [2.24, 2.45) is 29.6 Å². The van der Waals surface area contributed by atoms with Gasteiger partial charge in [-0.25, -0.2) is 4.79 Å². The summed E-state index contributed by atoms with van der Waals surface area (Å²) in [6, 6.07) is 17.7. The number of ether oxygens (including phenoxy) is 1. The van der Waals surface area contributed by atoms with Crippen LogP contribution < -0.4 is 9.77 Å². The first-order valence-corrected chi connectivity index (χ1v) is 13.7. The lowest BCUT2D eigenvalue weighted by Gasteiger charge is -2.43. The van der Waals surface area contributed by atoms with Crippen LogP contribution in [0.15, 0.2) is 64.4 Å². The molecule has 6 nitrogen and oxygen atoms in total. The van der Waals surface area contributed by atoms with E-state index in [4.69, 9.17) is 4.74 Å². The first-order chi connectivity index (χ1) is 17.0. The normalized spacial score (nSPS) is 32.3. The van der Waals surface area contributed by atoms with Crippen LogP contribution >= 0.6 is 23.1 Å². The average molecular weight is 505 g/mol. The van der Waals surface area contributed by atoms with Crippen LogP contribution in [0.2, 0.25) is 0 Å². The van der Waals surface area contributed by atoms with E-state index in [0.717, 1.165) is 28.6 Å². The standard InChI is InChI=1S/C27H24N2O4S2/c1-33-26(31)14-7-9-15(10-8-14)29-12-18-16-11-17(20(18)25(29)30)21-19(13-5-3-2-4-6-13)23-24(34-22(16)21)28-27(32)35-23/h2-10,16-22H,11-12H2,1H3,(H,28,32)/t16-,17+,18-,19-,20+,21-,22?/m0/s1. The number of aromatic amines is 1. The first-order valence-electron chi connectivity index (χ1n) is 12.0. The van der Waals surface area contributed by atoms with Crippen LogP contribution in [-0.4, -0.2) is 35.8 Å². The second kappa shape index (κ2) is 7.83. The predicted octanol–water partition coefficient (Wildman–Crippen LogP) is 4.37. The van der Waals surface area contributed by atoms with Gasteiger partial charge in [-0.3, -0.25) is 9.59 Å². The van der Waals surface area contributed by atoms with E-state index in [0.29, 0.717) is 34.5 Å². The van der Waals surface area contributed by atoms with Crippen LogP contribution in [0.4, 0.5) is 5.69 Å². The van der Waals surface area contributed by atoms with Gasteiger partial charge >= 0.3 is 10.8 Å². The molecule has 2 aliphatic carbocycles. The number of thiazole rings is 1. The van der Waals surface area contributed by atoms with Gasteiger partial charge in [-0.05, 0) is 59.9 Å². The number of nitrogens with zero attached hydrogens (tertiary/aromatic N) is 1. The Labute approximate surface area is 210 Å². The summed E-state index contributed by atoms with van der Waals surface area (Å²) < 4.78 is 4.80. The fraction of sp³-hybridized carbons (Fsp3) is 0.370. The van der Waals surface area contributed by atoms with E-state index in [-0.39, 0.29) is 28.6 Å². The predicted molar refractivity (Wildman–Crippen MR) is 135 cm³/mol. The van der Waals surface area contributed by atoms with E-state index in [1.54, 1.807) is 12.1 Å². The lowest BCUT2D eigenvalue weighted by molar-refractivity contribution is -0.122. The number of hydrogen-bond acceptors (Lipinski definition) is 6. The number of thioether (sulfide) groups is 1. The van der Waals surface area contributed by atoms with Gasteiger partial charge in [0.05, 0.1) is 17.7 Å². The first kappa shape index (κ1) is 21.4. The molecule has 2 saturated carbocycles. The topological polar surface area (TPSA) is 79.5 Å². The third-order valence-electron chi connectivity index (χ3n) is 8.58. The lowest BCUT2D eigenvalue weighted by Crippen LogP contribution is -2.42.